The topological polar surface area (TPSA) is 59.8 Å². The van der Waals surface area contributed by atoms with Gasteiger partial charge in [0.1, 0.15) is 5.82 Å². The van der Waals surface area contributed by atoms with E-state index in [4.69, 9.17) is 5.10 Å². The summed E-state index contributed by atoms with van der Waals surface area (Å²) in [7, 11) is 0. The number of carbonyl (C=O) groups is 1. The first-order valence-electron chi connectivity index (χ1n) is 8.05. The first-order valence-corrected chi connectivity index (χ1v) is 8.93. The fourth-order valence-electron chi connectivity index (χ4n) is 2.67. The molecule has 1 fully saturated rings. The van der Waals surface area contributed by atoms with Crippen LogP contribution >= 0.6 is 11.3 Å². The Labute approximate surface area is 144 Å². The minimum Gasteiger partial charge on any atom is -0.310 e. The lowest BCUT2D eigenvalue weighted by atomic mass is 10.3. The molecule has 0 spiro atoms. The summed E-state index contributed by atoms with van der Waals surface area (Å²) < 4.78 is 1.82. The number of hydrogen-bond donors (Lipinski definition) is 1. The molecule has 4 rings (SSSR count). The second-order valence-electron chi connectivity index (χ2n) is 6.06. The number of para-hydroxylation sites is 1. The lowest BCUT2D eigenvalue weighted by molar-refractivity contribution is -0.115. The monoisotopic (exact) mass is 338 g/mol. The lowest BCUT2D eigenvalue weighted by Gasteiger charge is -2.08. The first-order chi connectivity index (χ1) is 11.7. The Balaban J connectivity index is 1.58. The molecule has 1 aliphatic carbocycles. The number of hydrogen-bond acceptors (Lipinski definition) is 4. The third-order valence-electron chi connectivity index (χ3n) is 4.00. The van der Waals surface area contributed by atoms with Gasteiger partial charge in [-0.25, -0.2) is 9.67 Å². The molecule has 5 nitrogen and oxygen atoms in total. The largest absolute Gasteiger partial charge is 0.310 e. The van der Waals surface area contributed by atoms with Crippen molar-refractivity contribution in [2.45, 2.75) is 32.1 Å². The highest BCUT2D eigenvalue weighted by Gasteiger charge is 2.28. The predicted molar refractivity (Wildman–Crippen MR) is 94.7 cm³/mol. The van der Waals surface area contributed by atoms with Gasteiger partial charge >= 0.3 is 0 Å². The van der Waals surface area contributed by atoms with Crippen LogP contribution in [0.2, 0.25) is 0 Å². The zero-order chi connectivity index (χ0) is 16.5. The summed E-state index contributed by atoms with van der Waals surface area (Å²) in [6.45, 7) is 1.94. The molecule has 6 heteroatoms. The van der Waals surface area contributed by atoms with Crippen molar-refractivity contribution in [1.82, 2.24) is 14.8 Å². The Morgan fingerprint density at radius 1 is 1.33 bits per heavy atom. The molecule has 0 bridgehead atoms. The molecule has 0 unspecified atom stereocenters. The van der Waals surface area contributed by atoms with Crippen LogP contribution in [0.4, 0.5) is 5.82 Å². The van der Waals surface area contributed by atoms with Crippen LogP contribution in [0.15, 0.2) is 41.8 Å². The van der Waals surface area contributed by atoms with Crippen LogP contribution in [-0.2, 0) is 11.2 Å². The predicted octanol–water partition coefficient (Wildman–Crippen LogP) is 3.70. The van der Waals surface area contributed by atoms with E-state index in [9.17, 15) is 4.79 Å². The molecule has 1 N–H and O–H groups in total. The smallest absolute Gasteiger partial charge is 0.231 e. The highest BCUT2D eigenvalue weighted by Crippen LogP contribution is 2.40. The lowest BCUT2D eigenvalue weighted by Crippen LogP contribution is -2.17. The highest BCUT2D eigenvalue weighted by atomic mass is 32.1. The van der Waals surface area contributed by atoms with E-state index in [0.717, 1.165) is 27.9 Å². The maximum Gasteiger partial charge on any atom is 0.231 e. The minimum atomic E-state index is -0.0697. The van der Waals surface area contributed by atoms with Crippen molar-refractivity contribution in [1.29, 1.82) is 0 Å². The molecule has 0 atom stereocenters. The van der Waals surface area contributed by atoms with Crippen LogP contribution < -0.4 is 5.32 Å². The average molecular weight is 338 g/mol. The van der Waals surface area contributed by atoms with Gasteiger partial charge in [-0.1, -0.05) is 18.2 Å². The summed E-state index contributed by atoms with van der Waals surface area (Å²) in [6, 6.07) is 11.9. The Hall–Kier alpha value is -2.47. The Bertz CT molecular complexity index is 864. The number of benzene rings is 1. The van der Waals surface area contributed by atoms with Crippen LogP contribution in [0.1, 0.15) is 35.2 Å². The van der Waals surface area contributed by atoms with Gasteiger partial charge in [-0.05, 0) is 31.9 Å². The number of aryl methyl sites for hydroxylation is 1. The van der Waals surface area contributed by atoms with Gasteiger partial charge in [-0.3, -0.25) is 4.79 Å². The van der Waals surface area contributed by atoms with Gasteiger partial charge in [0.05, 0.1) is 28.5 Å². The fourth-order valence-corrected chi connectivity index (χ4v) is 3.29. The number of anilines is 1. The quantitative estimate of drug-likeness (QED) is 0.772. The second-order valence-corrected chi connectivity index (χ2v) is 7.12. The van der Waals surface area contributed by atoms with E-state index in [1.165, 1.54) is 12.8 Å². The van der Waals surface area contributed by atoms with Crippen LogP contribution in [0.25, 0.3) is 5.69 Å². The highest BCUT2D eigenvalue weighted by molar-refractivity contribution is 7.09. The maximum absolute atomic E-state index is 12.4. The minimum absolute atomic E-state index is 0.0697. The molecule has 0 saturated heterocycles. The Morgan fingerprint density at radius 2 is 2.12 bits per heavy atom. The SMILES string of the molecule is Cc1nc(CC(=O)Nc2cc(C3CC3)nn2-c2ccccc2)cs1. The molecular weight excluding hydrogens is 320 g/mol. The third kappa shape index (κ3) is 3.23. The fraction of sp³-hybridized carbons (Fsp3) is 0.278. The number of carbonyl (C=O) groups excluding carboxylic acids is 1. The van der Waals surface area contributed by atoms with Crippen molar-refractivity contribution in [3.63, 3.8) is 0 Å². The maximum atomic E-state index is 12.4. The molecule has 0 aliphatic heterocycles. The number of aromatic nitrogens is 3. The van der Waals surface area contributed by atoms with Gasteiger partial charge in [-0.15, -0.1) is 11.3 Å². The summed E-state index contributed by atoms with van der Waals surface area (Å²) >= 11 is 1.56. The molecule has 1 saturated carbocycles. The Kier molecular flexibility index (Phi) is 3.90. The summed E-state index contributed by atoms with van der Waals surface area (Å²) in [4.78, 5) is 16.7. The number of amides is 1. The van der Waals surface area contributed by atoms with E-state index in [1.807, 2.05) is 53.4 Å². The third-order valence-corrected chi connectivity index (χ3v) is 4.82. The standard InChI is InChI=1S/C18H18N4OS/c1-12-19-14(11-24-12)9-18(23)20-17-10-16(13-7-8-13)21-22(17)15-5-3-2-4-6-15/h2-6,10-11,13H,7-9H2,1H3,(H,20,23). The molecule has 1 amide bonds. The molecule has 3 aromatic rings. The first kappa shape index (κ1) is 15.1. The van der Waals surface area contributed by atoms with E-state index >= 15 is 0 Å². The van der Waals surface area contributed by atoms with Gasteiger partial charge in [0, 0.05) is 17.4 Å². The zero-order valence-corrected chi connectivity index (χ0v) is 14.2. The van der Waals surface area contributed by atoms with Crippen molar-refractivity contribution < 1.29 is 4.79 Å². The van der Waals surface area contributed by atoms with Crippen molar-refractivity contribution in [3.05, 3.63) is 58.2 Å². The molecule has 2 heterocycles. The number of nitrogens with zero attached hydrogens (tertiary/aromatic N) is 3. The summed E-state index contributed by atoms with van der Waals surface area (Å²) in [5.74, 6) is 1.19. The van der Waals surface area contributed by atoms with E-state index < -0.39 is 0 Å². The van der Waals surface area contributed by atoms with Crippen LogP contribution in [0.3, 0.4) is 0 Å². The summed E-state index contributed by atoms with van der Waals surface area (Å²) in [5.41, 5.74) is 2.81. The molecule has 1 aliphatic rings. The number of rotatable bonds is 5. The van der Waals surface area contributed by atoms with E-state index in [-0.39, 0.29) is 12.3 Å². The molecule has 1 aromatic carbocycles. The van der Waals surface area contributed by atoms with Crippen LogP contribution in [0, 0.1) is 6.92 Å². The van der Waals surface area contributed by atoms with Crippen LogP contribution in [-0.4, -0.2) is 20.7 Å². The van der Waals surface area contributed by atoms with Crippen molar-refractivity contribution >= 4 is 23.1 Å². The molecule has 122 valence electrons. The van der Waals surface area contributed by atoms with Gasteiger partial charge < -0.3 is 5.32 Å². The van der Waals surface area contributed by atoms with Gasteiger partial charge in [0.25, 0.3) is 0 Å². The second kappa shape index (κ2) is 6.20. The Morgan fingerprint density at radius 3 is 2.79 bits per heavy atom. The van der Waals surface area contributed by atoms with Crippen molar-refractivity contribution in [3.8, 4) is 5.69 Å². The zero-order valence-electron chi connectivity index (χ0n) is 13.4. The molecular formula is C18H18N4OS. The molecule has 24 heavy (non-hydrogen) atoms. The van der Waals surface area contributed by atoms with Crippen LogP contribution in [0.5, 0.6) is 0 Å². The van der Waals surface area contributed by atoms with Crippen molar-refractivity contribution in [2.75, 3.05) is 5.32 Å². The molecule has 2 aromatic heterocycles. The van der Waals surface area contributed by atoms with Gasteiger partial charge in [0.15, 0.2) is 0 Å². The number of thiazole rings is 1. The van der Waals surface area contributed by atoms with E-state index in [1.54, 1.807) is 11.3 Å². The van der Waals surface area contributed by atoms with Crippen molar-refractivity contribution in [2.24, 2.45) is 0 Å². The normalized spacial score (nSPS) is 13.9. The van der Waals surface area contributed by atoms with E-state index in [0.29, 0.717) is 5.92 Å². The van der Waals surface area contributed by atoms with E-state index in [2.05, 4.69) is 10.3 Å². The molecule has 0 radical (unpaired) electrons. The van der Waals surface area contributed by atoms with Gasteiger partial charge in [0.2, 0.25) is 5.91 Å². The summed E-state index contributed by atoms with van der Waals surface area (Å²) in [5, 5.41) is 10.6. The van der Waals surface area contributed by atoms with Gasteiger partial charge in [-0.2, -0.15) is 5.10 Å². The number of nitrogens with one attached hydrogen (secondary N) is 1. The summed E-state index contributed by atoms with van der Waals surface area (Å²) in [6.07, 6.45) is 2.64. The average Bonchev–Trinajstić information content (AvgIpc) is 3.23.